The van der Waals surface area contributed by atoms with Crippen LogP contribution in [-0.2, 0) is 9.53 Å². The van der Waals surface area contributed by atoms with Crippen molar-refractivity contribution in [3.8, 4) is 0 Å². The van der Waals surface area contributed by atoms with Crippen molar-refractivity contribution in [1.82, 2.24) is 9.97 Å². The number of benzene rings is 1. The molecule has 0 saturated carbocycles. The summed E-state index contributed by atoms with van der Waals surface area (Å²) in [5.74, 6) is -0.719. The van der Waals surface area contributed by atoms with Crippen molar-refractivity contribution in [2.45, 2.75) is 20.8 Å². The zero-order chi connectivity index (χ0) is 20.4. The van der Waals surface area contributed by atoms with Crippen LogP contribution in [0, 0.1) is 24.0 Å². The van der Waals surface area contributed by atoms with Crippen LogP contribution in [0.3, 0.4) is 0 Å². The molecule has 1 aromatic carbocycles. The number of hydrogen-bond acceptors (Lipinski definition) is 7. The first-order chi connectivity index (χ1) is 13.3. The van der Waals surface area contributed by atoms with E-state index in [1.807, 2.05) is 13.8 Å². The zero-order valence-electron chi connectivity index (χ0n) is 15.4. The topological polar surface area (TPSA) is 115 Å². The molecule has 0 amide bonds. The first-order valence-corrected chi connectivity index (χ1v) is 9.27. The Morgan fingerprint density at radius 2 is 2.07 bits per heavy atom. The molecule has 9 heteroatoms. The molecule has 3 rings (SSSR count). The number of carbonyl (C=O) groups excluding carboxylic acids is 1. The third-order valence-electron chi connectivity index (χ3n) is 4.22. The van der Waals surface area contributed by atoms with E-state index in [2.05, 4.69) is 9.97 Å². The number of nitrogens with one attached hydrogen (secondary N) is 1. The van der Waals surface area contributed by atoms with Crippen LogP contribution in [-0.4, -0.2) is 27.5 Å². The van der Waals surface area contributed by atoms with Crippen LogP contribution in [0.4, 0.5) is 5.69 Å². The zero-order valence-corrected chi connectivity index (χ0v) is 16.3. The molecule has 2 aromatic heterocycles. The van der Waals surface area contributed by atoms with Gasteiger partial charge in [0.2, 0.25) is 0 Å². The van der Waals surface area contributed by atoms with Crippen molar-refractivity contribution in [3.63, 3.8) is 0 Å². The fourth-order valence-corrected chi connectivity index (χ4v) is 3.78. The molecule has 0 atom stereocenters. The Balaban J connectivity index is 2.25. The van der Waals surface area contributed by atoms with E-state index in [1.165, 1.54) is 35.6 Å². The quantitative estimate of drug-likeness (QED) is 0.303. The molecule has 0 radical (unpaired) electrons. The Bertz CT molecular complexity index is 1180. The van der Waals surface area contributed by atoms with E-state index in [0.717, 1.165) is 10.4 Å². The number of aromatic nitrogens is 2. The number of esters is 1. The number of rotatable bonds is 5. The summed E-state index contributed by atoms with van der Waals surface area (Å²) in [6.07, 6.45) is 1.31. The van der Waals surface area contributed by atoms with Crippen molar-refractivity contribution in [1.29, 1.82) is 0 Å². The number of thiophene rings is 1. The molecule has 0 bridgehead atoms. The molecule has 0 spiro atoms. The summed E-state index contributed by atoms with van der Waals surface area (Å²) in [5.41, 5.74) is 0.437. The van der Waals surface area contributed by atoms with Gasteiger partial charge in [-0.1, -0.05) is 12.1 Å². The van der Waals surface area contributed by atoms with Gasteiger partial charge in [0.25, 0.3) is 11.2 Å². The minimum absolute atomic E-state index is 0.00958. The first-order valence-electron chi connectivity index (χ1n) is 8.46. The molecule has 1 N–H and O–H groups in total. The summed E-state index contributed by atoms with van der Waals surface area (Å²) in [6.45, 7) is 5.47. The van der Waals surface area contributed by atoms with Crippen LogP contribution in [0.1, 0.15) is 28.8 Å². The van der Waals surface area contributed by atoms with Gasteiger partial charge in [0.1, 0.15) is 16.2 Å². The lowest BCUT2D eigenvalue weighted by molar-refractivity contribution is -0.385. The molecule has 2 heterocycles. The predicted molar refractivity (Wildman–Crippen MR) is 107 cm³/mol. The smallest absolute Gasteiger partial charge is 0.341 e. The molecular weight excluding hydrogens is 382 g/mol. The fourth-order valence-electron chi connectivity index (χ4n) is 2.75. The van der Waals surface area contributed by atoms with E-state index < -0.39 is 10.9 Å². The third kappa shape index (κ3) is 3.56. The molecule has 0 aliphatic rings. The van der Waals surface area contributed by atoms with Gasteiger partial charge in [0, 0.05) is 10.9 Å². The maximum absolute atomic E-state index is 12.6. The molecule has 28 heavy (non-hydrogen) atoms. The van der Waals surface area contributed by atoms with E-state index in [9.17, 15) is 19.7 Å². The van der Waals surface area contributed by atoms with Gasteiger partial charge < -0.3 is 9.72 Å². The van der Waals surface area contributed by atoms with Crippen molar-refractivity contribution in [2.75, 3.05) is 6.61 Å². The lowest BCUT2D eigenvalue weighted by atomic mass is 10.1. The summed E-state index contributed by atoms with van der Waals surface area (Å²) in [6, 6.07) is 5.99. The van der Waals surface area contributed by atoms with Gasteiger partial charge in [0.05, 0.1) is 22.5 Å². The van der Waals surface area contributed by atoms with Crippen molar-refractivity contribution < 1.29 is 14.5 Å². The molecule has 0 unspecified atom stereocenters. The third-order valence-corrected chi connectivity index (χ3v) is 5.32. The van der Waals surface area contributed by atoms with Gasteiger partial charge in [-0.05, 0) is 38.5 Å². The van der Waals surface area contributed by atoms with E-state index in [4.69, 9.17) is 4.74 Å². The van der Waals surface area contributed by atoms with Gasteiger partial charge in [-0.2, -0.15) is 0 Å². The van der Waals surface area contributed by atoms with Crippen molar-refractivity contribution in [3.05, 3.63) is 66.6 Å². The largest absolute Gasteiger partial charge is 0.462 e. The van der Waals surface area contributed by atoms with E-state index in [0.29, 0.717) is 10.2 Å². The first kappa shape index (κ1) is 19.4. The van der Waals surface area contributed by atoms with Gasteiger partial charge in [-0.15, -0.1) is 11.3 Å². The van der Waals surface area contributed by atoms with Gasteiger partial charge in [-0.25, -0.2) is 9.78 Å². The predicted octanol–water partition coefficient (Wildman–Crippen LogP) is 3.61. The van der Waals surface area contributed by atoms with Crippen molar-refractivity contribution >= 4 is 44.9 Å². The average Bonchev–Trinajstić information content (AvgIpc) is 2.94. The van der Waals surface area contributed by atoms with Crippen LogP contribution in [0.5, 0.6) is 0 Å². The number of para-hydroxylation sites is 1. The SMILES string of the molecule is CCOC(=O)/C(=C\c1ccccc1[N+](=O)[O-])c1nc2sc(C)c(C)c2c(=O)[nH]1. The number of nitrogens with zero attached hydrogens (tertiary/aromatic N) is 2. The van der Waals surface area contributed by atoms with Crippen LogP contribution in [0.15, 0.2) is 29.1 Å². The number of hydrogen-bond donors (Lipinski definition) is 1. The number of aryl methyl sites for hydroxylation is 2. The highest BCUT2D eigenvalue weighted by molar-refractivity contribution is 7.18. The fraction of sp³-hybridized carbons (Fsp3) is 0.211. The van der Waals surface area contributed by atoms with E-state index in [1.54, 1.807) is 13.0 Å². The summed E-state index contributed by atoms with van der Waals surface area (Å²) in [5, 5.41) is 11.8. The lowest BCUT2D eigenvalue weighted by Gasteiger charge is -2.07. The van der Waals surface area contributed by atoms with Gasteiger partial charge in [-0.3, -0.25) is 14.9 Å². The van der Waals surface area contributed by atoms with Gasteiger partial charge >= 0.3 is 5.97 Å². The number of aromatic amines is 1. The lowest BCUT2D eigenvalue weighted by Crippen LogP contribution is -2.15. The average molecular weight is 399 g/mol. The highest BCUT2D eigenvalue weighted by Gasteiger charge is 2.21. The Morgan fingerprint density at radius 1 is 1.36 bits per heavy atom. The summed E-state index contributed by atoms with van der Waals surface area (Å²) >= 11 is 1.35. The maximum atomic E-state index is 12.6. The molecule has 0 fully saturated rings. The number of H-pyrrole nitrogens is 1. The monoisotopic (exact) mass is 399 g/mol. The summed E-state index contributed by atoms with van der Waals surface area (Å²) in [4.78, 5) is 44.3. The molecule has 0 saturated heterocycles. The van der Waals surface area contributed by atoms with Crippen LogP contribution >= 0.6 is 11.3 Å². The second-order valence-electron chi connectivity index (χ2n) is 5.97. The van der Waals surface area contributed by atoms with E-state index in [-0.39, 0.29) is 34.8 Å². The Kier molecular flexibility index (Phi) is 5.36. The Hall–Kier alpha value is -3.33. The highest BCUT2D eigenvalue weighted by atomic mass is 32.1. The second-order valence-corrected chi connectivity index (χ2v) is 7.18. The number of fused-ring (bicyclic) bond motifs is 1. The molecule has 3 aromatic rings. The number of ether oxygens (including phenoxy) is 1. The van der Waals surface area contributed by atoms with Crippen molar-refractivity contribution in [2.24, 2.45) is 0 Å². The normalized spacial score (nSPS) is 11.6. The second kappa shape index (κ2) is 7.73. The Labute approximate surface area is 163 Å². The minimum Gasteiger partial charge on any atom is -0.462 e. The molecular formula is C19H17N3O5S. The number of carbonyl (C=O) groups is 1. The van der Waals surface area contributed by atoms with Gasteiger partial charge in [0.15, 0.2) is 0 Å². The van der Waals surface area contributed by atoms with Crippen LogP contribution < -0.4 is 5.56 Å². The number of nitro benzene ring substituents is 1. The van der Waals surface area contributed by atoms with E-state index >= 15 is 0 Å². The molecule has 8 nitrogen and oxygen atoms in total. The maximum Gasteiger partial charge on any atom is 0.341 e. The van der Waals surface area contributed by atoms with Crippen LogP contribution in [0.2, 0.25) is 0 Å². The molecule has 144 valence electrons. The minimum atomic E-state index is -0.729. The number of nitro groups is 1. The molecule has 0 aliphatic heterocycles. The summed E-state index contributed by atoms with van der Waals surface area (Å²) in [7, 11) is 0. The highest BCUT2D eigenvalue weighted by Crippen LogP contribution is 2.28. The van der Waals surface area contributed by atoms with Crippen LogP contribution in [0.25, 0.3) is 21.9 Å². The summed E-state index contributed by atoms with van der Waals surface area (Å²) < 4.78 is 5.08. The Morgan fingerprint density at radius 3 is 2.75 bits per heavy atom. The molecule has 0 aliphatic carbocycles. The standard InChI is InChI=1S/C19H17N3O5S/c1-4-27-19(24)13(9-12-7-5-6-8-14(12)22(25)26)16-20-17(23)15-10(2)11(3)28-18(15)21-16/h5-9H,4H2,1-3H3,(H,20,21,23)/b13-9-.